The van der Waals surface area contributed by atoms with Crippen molar-refractivity contribution in [1.29, 1.82) is 0 Å². The second-order valence-corrected chi connectivity index (χ2v) is 10.2. The van der Waals surface area contributed by atoms with E-state index in [4.69, 9.17) is 4.74 Å². The monoisotopic (exact) mass is 562 g/mol. The largest absolute Gasteiger partial charge is 0.504 e. The van der Waals surface area contributed by atoms with E-state index in [1.54, 1.807) is 43.5 Å². The van der Waals surface area contributed by atoms with Crippen molar-refractivity contribution in [2.45, 2.75) is 4.90 Å². The fourth-order valence-electron chi connectivity index (χ4n) is 4.26. The fourth-order valence-corrected chi connectivity index (χ4v) is 5.09. The molecule has 6 nitrogen and oxygen atoms in total. The topological polar surface area (TPSA) is 57.7 Å². The second kappa shape index (κ2) is 14.5. The van der Waals surface area contributed by atoms with Gasteiger partial charge in [-0.05, 0) is 77.2 Å². The summed E-state index contributed by atoms with van der Waals surface area (Å²) in [4.78, 5) is 23.2. The Morgan fingerprint density at radius 3 is 2.62 bits per heavy atom. The molecule has 0 radical (unpaired) electrons. The standard InChI is InChI=1S/C30H31FN4O2S2/c1-37-19-3-4-20-39-33-14-11-24-22-32-13-12-29(24)34-15-17-35(18-16-34)30(36)28-21-26(38-2)9-10-27(28)23-5-7-25(31)8-6-23/h3-14,19-22,33H,15-18H2,1-2H3/b14-11-,19-3-,20-4+. The Morgan fingerprint density at radius 2 is 1.87 bits per heavy atom. The van der Waals surface area contributed by atoms with Crippen LogP contribution in [0.2, 0.25) is 0 Å². The SMILES string of the molecule is CO/C=C\C=C\SN/C=C\c1cnccc1N1CCN(C(=O)c2cc(SC)ccc2-c2ccc(F)cc2)CC1. The molecule has 1 aliphatic heterocycles. The number of aromatic nitrogens is 1. The van der Waals surface area contributed by atoms with Gasteiger partial charge in [0, 0.05) is 66.5 Å². The highest BCUT2D eigenvalue weighted by Crippen LogP contribution is 2.30. The van der Waals surface area contributed by atoms with E-state index >= 15 is 0 Å². The van der Waals surface area contributed by atoms with E-state index < -0.39 is 0 Å². The van der Waals surface area contributed by atoms with Crippen LogP contribution >= 0.6 is 23.7 Å². The van der Waals surface area contributed by atoms with Gasteiger partial charge < -0.3 is 19.3 Å². The molecular weight excluding hydrogens is 531 g/mol. The first-order valence-corrected chi connectivity index (χ1v) is 14.6. The van der Waals surface area contributed by atoms with E-state index in [1.807, 2.05) is 71.5 Å². The number of carbonyl (C=O) groups excluding carboxylic acids is 1. The van der Waals surface area contributed by atoms with Crippen molar-refractivity contribution < 1.29 is 13.9 Å². The van der Waals surface area contributed by atoms with Gasteiger partial charge >= 0.3 is 0 Å². The second-order valence-electron chi connectivity index (χ2n) is 8.59. The molecule has 9 heteroatoms. The third kappa shape index (κ3) is 7.68. The quantitative estimate of drug-likeness (QED) is 0.100. The highest BCUT2D eigenvalue weighted by atomic mass is 32.2. The van der Waals surface area contributed by atoms with Crippen LogP contribution in [0.3, 0.4) is 0 Å². The Bertz CT molecular complexity index is 1340. The maximum atomic E-state index is 13.7. The Hall–Kier alpha value is -3.69. The van der Waals surface area contributed by atoms with Crippen molar-refractivity contribution in [3.63, 3.8) is 0 Å². The first kappa shape index (κ1) is 28.3. The average Bonchev–Trinajstić information content (AvgIpc) is 2.98. The summed E-state index contributed by atoms with van der Waals surface area (Å²) in [6, 6.07) is 14.2. The molecule has 1 aliphatic rings. The summed E-state index contributed by atoms with van der Waals surface area (Å²) < 4.78 is 21.5. The lowest BCUT2D eigenvalue weighted by atomic mass is 9.98. The summed E-state index contributed by atoms with van der Waals surface area (Å²) in [5.74, 6) is -0.301. The lowest BCUT2D eigenvalue weighted by molar-refractivity contribution is 0.0747. The minimum absolute atomic E-state index is 0.00523. The number of piperazine rings is 1. The molecule has 1 saturated heterocycles. The summed E-state index contributed by atoms with van der Waals surface area (Å²) in [6.45, 7) is 2.62. The number of carbonyl (C=O) groups is 1. The number of methoxy groups -OCH3 is 1. The zero-order chi connectivity index (χ0) is 27.5. The molecule has 0 saturated carbocycles. The molecule has 1 amide bonds. The van der Waals surface area contributed by atoms with Gasteiger partial charge in [-0.25, -0.2) is 4.39 Å². The van der Waals surface area contributed by atoms with E-state index in [2.05, 4.69) is 14.6 Å². The summed E-state index contributed by atoms with van der Waals surface area (Å²) in [5, 5.41) is 1.91. The van der Waals surface area contributed by atoms with Crippen LogP contribution in [0.4, 0.5) is 10.1 Å². The highest BCUT2D eigenvalue weighted by Gasteiger charge is 2.25. The molecule has 1 aromatic heterocycles. The van der Waals surface area contributed by atoms with Crippen molar-refractivity contribution >= 4 is 41.4 Å². The van der Waals surface area contributed by atoms with Crippen LogP contribution in [0.25, 0.3) is 17.2 Å². The van der Waals surface area contributed by atoms with Gasteiger partial charge in [-0.1, -0.05) is 24.3 Å². The molecule has 2 heterocycles. The van der Waals surface area contributed by atoms with Crippen molar-refractivity contribution in [1.82, 2.24) is 14.6 Å². The first-order chi connectivity index (χ1) is 19.1. The van der Waals surface area contributed by atoms with E-state index in [9.17, 15) is 9.18 Å². The molecule has 3 aromatic rings. The zero-order valence-corrected chi connectivity index (χ0v) is 23.6. The third-order valence-corrected chi connectivity index (χ3v) is 7.51. The van der Waals surface area contributed by atoms with Gasteiger partial charge in [0.1, 0.15) is 5.82 Å². The number of amides is 1. The number of nitrogens with zero attached hydrogens (tertiary/aromatic N) is 3. The smallest absolute Gasteiger partial charge is 0.254 e. The van der Waals surface area contributed by atoms with E-state index in [0.29, 0.717) is 31.7 Å². The van der Waals surface area contributed by atoms with Crippen molar-refractivity contribution in [2.24, 2.45) is 0 Å². The van der Waals surface area contributed by atoms with Crippen LogP contribution in [0, 0.1) is 5.82 Å². The minimum Gasteiger partial charge on any atom is -0.504 e. The lowest BCUT2D eigenvalue weighted by Gasteiger charge is -2.37. The molecular formula is C30H31FN4O2S2. The Balaban J connectivity index is 1.43. The number of pyridine rings is 1. The molecule has 202 valence electrons. The number of nitrogens with one attached hydrogen (secondary N) is 1. The molecule has 0 spiro atoms. The number of hydrogen-bond acceptors (Lipinski definition) is 7. The molecule has 0 atom stereocenters. The van der Waals surface area contributed by atoms with Crippen LogP contribution in [0.1, 0.15) is 15.9 Å². The van der Waals surface area contributed by atoms with Gasteiger partial charge in [0.15, 0.2) is 0 Å². The number of halogens is 1. The van der Waals surface area contributed by atoms with Gasteiger partial charge in [0.2, 0.25) is 0 Å². The molecule has 39 heavy (non-hydrogen) atoms. The van der Waals surface area contributed by atoms with Crippen LogP contribution in [-0.4, -0.2) is 55.3 Å². The normalized spacial score (nSPS) is 14.0. The number of rotatable bonds is 10. The summed E-state index contributed by atoms with van der Waals surface area (Å²) in [7, 11) is 1.61. The fraction of sp³-hybridized carbons (Fsp3) is 0.200. The molecule has 1 fully saturated rings. The van der Waals surface area contributed by atoms with Crippen LogP contribution in [-0.2, 0) is 4.74 Å². The number of hydrogen-bond donors (Lipinski definition) is 1. The van der Waals surface area contributed by atoms with Gasteiger partial charge in [-0.15, -0.1) is 11.8 Å². The zero-order valence-electron chi connectivity index (χ0n) is 21.9. The molecule has 0 unspecified atom stereocenters. The van der Waals surface area contributed by atoms with Crippen LogP contribution in [0.5, 0.6) is 0 Å². The Kier molecular flexibility index (Phi) is 10.5. The maximum Gasteiger partial charge on any atom is 0.254 e. The highest BCUT2D eigenvalue weighted by molar-refractivity contribution is 8.00. The summed E-state index contributed by atoms with van der Waals surface area (Å²) >= 11 is 3.04. The van der Waals surface area contributed by atoms with Crippen molar-refractivity contribution in [3.8, 4) is 11.1 Å². The molecule has 2 aromatic carbocycles. The predicted molar refractivity (Wildman–Crippen MR) is 161 cm³/mol. The number of benzene rings is 2. The number of ether oxygens (including phenoxy) is 1. The van der Waals surface area contributed by atoms with Crippen molar-refractivity contribution in [3.05, 3.63) is 108 Å². The van der Waals surface area contributed by atoms with Gasteiger partial charge in [-0.3, -0.25) is 9.78 Å². The summed E-state index contributed by atoms with van der Waals surface area (Å²) in [5.41, 5.74) is 4.37. The maximum absolute atomic E-state index is 13.7. The van der Waals surface area contributed by atoms with Gasteiger partial charge in [0.25, 0.3) is 5.91 Å². The van der Waals surface area contributed by atoms with Crippen LogP contribution in [0.15, 0.2) is 95.8 Å². The molecule has 4 rings (SSSR count). The third-order valence-electron chi connectivity index (χ3n) is 6.22. The van der Waals surface area contributed by atoms with Crippen molar-refractivity contribution in [2.75, 3.05) is 44.4 Å². The van der Waals surface area contributed by atoms with E-state index in [-0.39, 0.29) is 11.7 Å². The molecule has 0 aliphatic carbocycles. The van der Waals surface area contributed by atoms with Gasteiger partial charge in [-0.2, -0.15) is 0 Å². The van der Waals surface area contributed by atoms with E-state index in [1.165, 1.54) is 24.1 Å². The number of allylic oxidation sites excluding steroid dienone is 2. The van der Waals surface area contributed by atoms with Crippen LogP contribution < -0.4 is 9.62 Å². The van der Waals surface area contributed by atoms with Gasteiger partial charge in [0.05, 0.1) is 13.4 Å². The van der Waals surface area contributed by atoms with E-state index in [0.717, 1.165) is 27.3 Å². The number of anilines is 1. The molecule has 0 bridgehead atoms. The first-order valence-electron chi connectivity index (χ1n) is 12.4. The Morgan fingerprint density at radius 1 is 1.08 bits per heavy atom. The number of thioether (sulfide) groups is 1. The minimum atomic E-state index is -0.296. The predicted octanol–water partition coefficient (Wildman–Crippen LogP) is 6.45. The molecule has 1 N–H and O–H groups in total. The average molecular weight is 563 g/mol. The summed E-state index contributed by atoms with van der Waals surface area (Å²) in [6.07, 6.45) is 14.8. The Labute approximate surface area is 237 Å². The lowest BCUT2D eigenvalue weighted by Crippen LogP contribution is -2.49.